The van der Waals surface area contributed by atoms with Gasteiger partial charge < -0.3 is 14.8 Å². The summed E-state index contributed by atoms with van der Waals surface area (Å²) in [6.45, 7) is 6.64. The summed E-state index contributed by atoms with van der Waals surface area (Å²) in [6.07, 6.45) is 0.896. The van der Waals surface area contributed by atoms with Gasteiger partial charge in [-0.3, -0.25) is 9.59 Å². The number of halogens is 1. The predicted molar refractivity (Wildman–Crippen MR) is 110 cm³/mol. The van der Waals surface area contributed by atoms with Gasteiger partial charge in [0.25, 0.3) is 11.5 Å². The number of rotatable bonds is 2. The van der Waals surface area contributed by atoms with Crippen molar-refractivity contribution in [3.63, 3.8) is 0 Å². The van der Waals surface area contributed by atoms with Gasteiger partial charge in [0.05, 0.1) is 0 Å². The van der Waals surface area contributed by atoms with Crippen LogP contribution in [0.2, 0.25) is 0 Å². The maximum absolute atomic E-state index is 12.9. The molecule has 2 aliphatic heterocycles. The Morgan fingerprint density at radius 2 is 1.96 bits per heavy atom. The van der Waals surface area contributed by atoms with Crippen molar-refractivity contribution in [2.24, 2.45) is 0 Å². The molecule has 1 aromatic heterocycles. The van der Waals surface area contributed by atoms with Gasteiger partial charge in [0.1, 0.15) is 0 Å². The number of nitrogens with zero attached hydrogens (tertiary/aromatic N) is 2. The number of piperazine rings is 1. The molecule has 1 saturated heterocycles. The molecule has 2 aromatic rings. The number of likely N-dealkylation sites (N-methyl/N-ethyl adjacent to an activating group) is 1. The largest absolute Gasteiger partial charge is 0.336 e. The molecule has 1 amide bonds. The van der Waals surface area contributed by atoms with Crippen molar-refractivity contribution in [1.82, 2.24) is 14.8 Å². The number of aromatic amines is 1. The number of hydrogen-bond acceptors (Lipinski definition) is 4. The standard InChI is InChI=1S/C19H23N3O2S.ClH/c1-2-21-6-8-22(9-7-21)19(24)13-3-4-17-15(11-13)14-5-10-25-12-16(14)18(23)20-17;/h3-4,11H,2,5-10,12H2,1H3,(H,20,23);1H. The average molecular weight is 394 g/mol. The molecular weight excluding hydrogens is 370 g/mol. The van der Waals surface area contributed by atoms with Gasteiger partial charge in [0.2, 0.25) is 0 Å². The topological polar surface area (TPSA) is 56.4 Å². The Morgan fingerprint density at radius 1 is 1.19 bits per heavy atom. The highest BCUT2D eigenvalue weighted by molar-refractivity contribution is 7.98. The van der Waals surface area contributed by atoms with Gasteiger partial charge in [-0.15, -0.1) is 12.4 Å². The van der Waals surface area contributed by atoms with Gasteiger partial charge in [-0.25, -0.2) is 0 Å². The van der Waals surface area contributed by atoms with E-state index in [0.29, 0.717) is 0 Å². The zero-order valence-corrected chi connectivity index (χ0v) is 16.5. The Balaban J connectivity index is 0.00000196. The highest BCUT2D eigenvalue weighted by atomic mass is 35.5. The Morgan fingerprint density at radius 3 is 2.69 bits per heavy atom. The second-order valence-corrected chi connectivity index (χ2v) is 7.81. The first-order valence-corrected chi connectivity index (χ1v) is 10.1. The van der Waals surface area contributed by atoms with E-state index in [1.54, 1.807) is 11.8 Å². The second kappa shape index (κ2) is 8.03. The number of aromatic nitrogens is 1. The van der Waals surface area contributed by atoms with Crippen molar-refractivity contribution in [2.45, 2.75) is 19.1 Å². The number of amides is 1. The first kappa shape index (κ1) is 19.3. The third-order valence-electron chi connectivity index (χ3n) is 5.33. The zero-order valence-electron chi connectivity index (χ0n) is 14.9. The van der Waals surface area contributed by atoms with Gasteiger partial charge >= 0.3 is 0 Å². The molecule has 1 aromatic carbocycles. The fourth-order valence-corrected chi connectivity index (χ4v) is 4.77. The summed E-state index contributed by atoms with van der Waals surface area (Å²) in [6, 6.07) is 5.71. The fourth-order valence-electron chi connectivity index (χ4n) is 3.77. The highest BCUT2D eigenvalue weighted by Crippen LogP contribution is 2.28. The number of H-pyrrole nitrogens is 1. The van der Waals surface area contributed by atoms with Crippen LogP contribution in [-0.4, -0.2) is 59.2 Å². The normalized spacial score (nSPS) is 17.7. The number of fused-ring (bicyclic) bond motifs is 3. The van der Waals surface area contributed by atoms with Gasteiger partial charge in [-0.2, -0.15) is 11.8 Å². The van der Waals surface area contributed by atoms with Crippen LogP contribution in [0.4, 0.5) is 0 Å². The highest BCUT2D eigenvalue weighted by Gasteiger charge is 2.23. The molecule has 0 bridgehead atoms. The summed E-state index contributed by atoms with van der Waals surface area (Å²) in [5, 5.41) is 1.04. The van der Waals surface area contributed by atoms with Crippen LogP contribution < -0.4 is 5.56 Å². The van der Waals surface area contributed by atoms with E-state index in [0.717, 1.165) is 78.2 Å². The summed E-state index contributed by atoms with van der Waals surface area (Å²) in [7, 11) is 0. The van der Waals surface area contributed by atoms with E-state index in [4.69, 9.17) is 0 Å². The number of hydrogen-bond donors (Lipinski definition) is 1. The summed E-state index contributed by atoms with van der Waals surface area (Å²) >= 11 is 1.80. The number of carbonyl (C=O) groups is 1. The Kier molecular flexibility index (Phi) is 5.95. The molecule has 0 radical (unpaired) electrons. The fraction of sp³-hybridized carbons (Fsp3) is 0.474. The molecule has 26 heavy (non-hydrogen) atoms. The minimum Gasteiger partial charge on any atom is -0.336 e. The maximum atomic E-state index is 12.9. The summed E-state index contributed by atoms with van der Waals surface area (Å²) in [4.78, 5) is 32.4. The molecule has 0 atom stereocenters. The molecule has 0 aliphatic carbocycles. The number of benzene rings is 1. The number of thioether (sulfide) groups is 1. The van der Waals surface area contributed by atoms with Crippen molar-refractivity contribution in [1.29, 1.82) is 0 Å². The molecule has 5 nitrogen and oxygen atoms in total. The molecule has 140 valence electrons. The van der Waals surface area contributed by atoms with Crippen LogP contribution in [0, 0.1) is 0 Å². The van der Waals surface area contributed by atoms with Crippen molar-refractivity contribution in [3.8, 4) is 0 Å². The molecular formula is C19H24ClN3O2S. The van der Waals surface area contributed by atoms with Crippen molar-refractivity contribution < 1.29 is 4.79 Å². The molecule has 7 heteroatoms. The first-order valence-electron chi connectivity index (χ1n) is 8.94. The minimum atomic E-state index is 0. The number of aryl methyl sites for hydroxylation is 1. The number of carbonyl (C=O) groups excluding carboxylic acids is 1. The van der Waals surface area contributed by atoms with Gasteiger partial charge in [-0.1, -0.05) is 6.92 Å². The summed E-state index contributed by atoms with van der Waals surface area (Å²) in [5.74, 6) is 1.89. The summed E-state index contributed by atoms with van der Waals surface area (Å²) < 4.78 is 0. The molecule has 0 saturated carbocycles. The molecule has 1 fully saturated rings. The molecule has 3 heterocycles. The van der Waals surface area contributed by atoms with Crippen molar-refractivity contribution in [2.75, 3.05) is 38.5 Å². The van der Waals surface area contributed by atoms with Crippen LogP contribution >= 0.6 is 24.2 Å². The van der Waals surface area contributed by atoms with Crippen molar-refractivity contribution in [3.05, 3.63) is 45.2 Å². The van der Waals surface area contributed by atoms with E-state index in [9.17, 15) is 9.59 Å². The lowest BCUT2D eigenvalue weighted by Crippen LogP contribution is -2.48. The molecule has 2 aliphatic rings. The molecule has 1 N–H and O–H groups in total. The van der Waals surface area contributed by atoms with Gasteiger partial charge in [0.15, 0.2) is 0 Å². The SMILES string of the molecule is CCN1CCN(C(=O)c2ccc3[nH]c(=O)c4c(c3c2)CCSC4)CC1.Cl. The van der Waals surface area contributed by atoms with E-state index >= 15 is 0 Å². The van der Waals surface area contributed by atoms with Gasteiger partial charge in [-0.05, 0) is 42.5 Å². The Hall–Kier alpha value is -1.50. The maximum Gasteiger partial charge on any atom is 0.253 e. The van der Waals surface area contributed by atoms with Crippen LogP contribution in [0.25, 0.3) is 10.9 Å². The molecule has 0 unspecified atom stereocenters. The quantitative estimate of drug-likeness (QED) is 0.851. The number of pyridine rings is 1. The zero-order chi connectivity index (χ0) is 17.4. The van der Waals surface area contributed by atoms with Crippen LogP contribution in [0.3, 0.4) is 0 Å². The van der Waals surface area contributed by atoms with E-state index in [1.807, 2.05) is 23.1 Å². The van der Waals surface area contributed by atoms with Gasteiger partial charge in [0, 0.05) is 54.0 Å². The lowest BCUT2D eigenvalue weighted by atomic mass is 9.99. The predicted octanol–water partition coefficient (Wildman–Crippen LogP) is 2.52. The third-order valence-corrected chi connectivity index (χ3v) is 6.31. The Labute approximate surface area is 163 Å². The molecule has 0 spiro atoms. The lowest BCUT2D eigenvalue weighted by molar-refractivity contribution is 0.0643. The van der Waals surface area contributed by atoms with Crippen LogP contribution in [-0.2, 0) is 12.2 Å². The molecule has 4 rings (SSSR count). The minimum absolute atomic E-state index is 0. The third kappa shape index (κ3) is 3.50. The van der Waals surface area contributed by atoms with E-state index in [2.05, 4.69) is 16.8 Å². The van der Waals surface area contributed by atoms with Crippen molar-refractivity contribution >= 4 is 41.0 Å². The van der Waals surface area contributed by atoms with Crippen LogP contribution in [0.1, 0.15) is 28.4 Å². The monoisotopic (exact) mass is 393 g/mol. The lowest BCUT2D eigenvalue weighted by Gasteiger charge is -2.34. The Bertz CT molecular complexity index is 875. The van der Waals surface area contributed by atoms with Crippen LogP contribution in [0.15, 0.2) is 23.0 Å². The van der Waals surface area contributed by atoms with Crippen LogP contribution in [0.5, 0.6) is 0 Å². The summed E-state index contributed by atoms with van der Waals surface area (Å²) in [5.41, 5.74) is 3.59. The van der Waals surface area contributed by atoms with E-state index in [-0.39, 0.29) is 23.9 Å². The average Bonchev–Trinajstić information content (AvgIpc) is 2.67. The smallest absolute Gasteiger partial charge is 0.253 e. The number of nitrogens with one attached hydrogen (secondary N) is 1. The van der Waals surface area contributed by atoms with E-state index < -0.39 is 0 Å². The second-order valence-electron chi connectivity index (χ2n) is 6.70. The first-order chi connectivity index (χ1) is 12.2. The van der Waals surface area contributed by atoms with E-state index in [1.165, 1.54) is 0 Å².